The molecule has 0 unspecified atom stereocenters. The Morgan fingerprint density at radius 2 is 1.19 bits per heavy atom. The molecule has 31 heavy (non-hydrogen) atoms. The molecule has 156 valence electrons. The van der Waals surface area contributed by atoms with Crippen molar-refractivity contribution >= 4 is 7.25 Å². The summed E-state index contributed by atoms with van der Waals surface area (Å²) in [6.07, 6.45) is 0.926. The molecule has 0 spiro atoms. The average molecular weight is 422 g/mol. The first-order valence-electron chi connectivity index (χ1n) is 9.89. The molecule has 1 heterocycles. The zero-order chi connectivity index (χ0) is 22.0. The van der Waals surface area contributed by atoms with Gasteiger partial charge in [-0.2, -0.15) is 0 Å². The number of benzene rings is 3. The molecule has 1 aromatic heterocycles. The zero-order valence-corrected chi connectivity index (χ0v) is 16.8. The lowest BCUT2D eigenvalue weighted by Gasteiger charge is -2.09. The van der Waals surface area contributed by atoms with Gasteiger partial charge >= 0.3 is 18.8 Å². The molecule has 0 saturated carbocycles. The van der Waals surface area contributed by atoms with Crippen LogP contribution in [0.4, 0.5) is 17.3 Å². The van der Waals surface area contributed by atoms with Crippen molar-refractivity contribution in [1.82, 2.24) is 0 Å². The van der Waals surface area contributed by atoms with E-state index in [4.69, 9.17) is 4.42 Å². The fourth-order valence-electron chi connectivity index (χ4n) is 4.03. The second-order valence-corrected chi connectivity index (χ2v) is 7.30. The lowest BCUT2D eigenvalue weighted by molar-refractivity contribution is 0.368. The van der Waals surface area contributed by atoms with E-state index in [0.717, 1.165) is 23.5 Å². The summed E-state index contributed by atoms with van der Waals surface area (Å²) in [5.74, 6) is 1.98. The second-order valence-electron chi connectivity index (χ2n) is 7.30. The van der Waals surface area contributed by atoms with E-state index < -0.39 is 7.25 Å². The van der Waals surface area contributed by atoms with Crippen molar-refractivity contribution in [3.63, 3.8) is 0 Å². The molecule has 0 fully saturated rings. The van der Waals surface area contributed by atoms with E-state index in [1.54, 1.807) is 0 Å². The van der Waals surface area contributed by atoms with Gasteiger partial charge in [-0.15, -0.1) is 0 Å². The Bertz CT molecular complexity index is 1200. The summed E-state index contributed by atoms with van der Waals surface area (Å²) >= 11 is 0. The van der Waals surface area contributed by atoms with E-state index in [9.17, 15) is 17.3 Å². The van der Waals surface area contributed by atoms with Gasteiger partial charge in [0.05, 0.1) is 22.3 Å². The molecule has 4 aromatic rings. The van der Waals surface area contributed by atoms with Crippen LogP contribution in [-0.4, -0.2) is 7.25 Å². The molecule has 0 radical (unpaired) electrons. The van der Waals surface area contributed by atoms with Crippen molar-refractivity contribution in [2.24, 2.45) is 0 Å². The standard InChI is InChI=1S/C25H19O.BF4/c1-17-23(18-10-4-2-5-11-18)22-16-20-14-8-9-15-21(20)25(22)26-24(17)19-12-6-3-7-13-19;2-1(3,4)5/h2-15H,16H2,1H3;/q+1;-1. The van der Waals surface area contributed by atoms with E-state index in [1.807, 2.05) is 6.07 Å². The minimum Gasteiger partial charge on any atom is -0.418 e. The zero-order valence-electron chi connectivity index (χ0n) is 16.8. The third-order valence-electron chi connectivity index (χ3n) is 5.22. The van der Waals surface area contributed by atoms with E-state index >= 15 is 0 Å². The molecule has 0 aliphatic heterocycles. The maximum atomic E-state index is 9.75. The van der Waals surface area contributed by atoms with Crippen molar-refractivity contribution in [2.45, 2.75) is 13.3 Å². The molecule has 0 atom stereocenters. The fourth-order valence-corrected chi connectivity index (χ4v) is 4.03. The maximum absolute atomic E-state index is 9.75. The smallest absolute Gasteiger partial charge is 0.418 e. The molecule has 5 rings (SSSR count). The summed E-state index contributed by atoms with van der Waals surface area (Å²) in [6.45, 7) is 2.18. The van der Waals surface area contributed by atoms with E-state index in [2.05, 4.69) is 85.8 Å². The highest BCUT2D eigenvalue weighted by molar-refractivity contribution is 6.50. The summed E-state index contributed by atoms with van der Waals surface area (Å²) < 4.78 is 45.5. The van der Waals surface area contributed by atoms with Crippen LogP contribution in [0.5, 0.6) is 0 Å². The molecule has 1 nitrogen and oxygen atoms in total. The first-order valence-corrected chi connectivity index (χ1v) is 9.89. The molecule has 1 aliphatic carbocycles. The quantitative estimate of drug-likeness (QED) is 0.159. The summed E-state index contributed by atoms with van der Waals surface area (Å²) in [4.78, 5) is 0. The van der Waals surface area contributed by atoms with Crippen LogP contribution in [0.2, 0.25) is 0 Å². The van der Waals surface area contributed by atoms with Crippen molar-refractivity contribution in [2.75, 3.05) is 0 Å². The Morgan fingerprint density at radius 3 is 1.81 bits per heavy atom. The van der Waals surface area contributed by atoms with Crippen molar-refractivity contribution in [3.8, 4) is 33.8 Å². The second kappa shape index (κ2) is 8.38. The maximum Gasteiger partial charge on any atom is 0.673 e. The van der Waals surface area contributed by atoms with Crippen LogP contribution in [0, 0.1) is 6.92 Å². The minimum absolute atomic E-state index is 0.926. The summed E-state index contributed by atoms with van der Waals surface area (Å²) in [5, 5.41) is 0. The van der Waals surface area contributed by atoms with Crippen LogP contribution < -0.4 is 0 Å². The van der Waals surface area contributed by atoms with E-state index in [-0.39, 0.29) is 0 Å². The molecule has 0 amide bonds. The molecule has 0 N–H and O–H groups in total. The lowest BCUT2D eigenvalue weighted by Crippen LogP contribution is -2.02. The third kappa shape index (κ3) is 4.53. The van der Waals surface area contributed by atoms with Crippen molar-refractivity contribution in [1.29, 1.82) is 0 Å². The normalized spacial score (nSPS) is 11.9. The topological polar surface area (TPSA) is 11.3 Å². The minimum atomic E-state index is -6.00. The van der Waals surface area contributed by atoms with Crippen molar-refractivity contribution < 1.29 is 21.7 Å². The van der Waals surface area contributed by atoms with Gasteiger partial charge in [-0.25, -0.2) is 4.42 Å². The number of rotatable bonds is 2. The van der Waals surface area contributed by atoms with Gasteiger partial charge in [0.25, 0.3) is 0 Å². The van der Waals surface area contributed by atoms with Gasteiger partial charge in [0, 0.05) is 12.0 Å². The van der Waals surface area contributed by atoms with Gasteiger partial charge in [0.15, 0.2) is 0 Å². The van der Waals surface area contributed by atoms with Gasteiger partial charge in [-0.05, 0) is 36.2 Å². The third-order valence-corrected chi connectivity index (χ3v) is 5.22. The van der Waals surface area contributed by atoms with Gasteiger partial charge in [-0.3, -0.25) is 0 Å². The number of halogens is 4. The summed E-state index contributed by atoms with van der Waals surface area (Å²) in [5.41, 5.74) is 8.74. The highest BCUT2D eigenvalue weighted by Gasteiger charge is 2.36. The van der Waals surface area contributed by atoms with E-state index in [1.165, 1.54) is 33.4 Å². The number of hydrogen-bond acceptors (Lipinski definition) is 0. The molecule has 1 aliphatic rings. The van der Waals surface area contributed by atoms with Crippen molar-refractivity contribution in [3.05, 3.63) is 102 Å². The Kier molecular flexibility index (Phi) is 5.64. The summed E-state index contributed by atoms with van der Waals surface area (Å²) in [6, 6.07) is 29.7. The molecule has 0 bridgehead atoms. The SMILES string of the molecule is Cc1c(-c2ccccc2)[o+]c2c(c1-c1ccccc1)Cc1ccccc1-2.F[B-](F)(F)F. The molecular weight excluding hydrogens is 403 g/mol. The Morgan fingerprint density at radius 1 is 0.677 bits per heavy atom. The van der Waals surface area contributed by atoms with Crippen LogP contribution in [0.3, 0.4) is 0 Å². The fraction of sp³-hybridized carbons (Fsp3) is 0.0800. The predicted molar refractivity (Wildman–Crippen MR) is 117 cm³/mol. The highest BCUT2D eigenvalue weighted by Crippen LogP contribution is 2.46. The van der Waals surface area contributed by atoms with Gasteiger partial charge < -0.3 is 17.3 Å². The Hall–Kier alpha value is -3.41. The Labute approximate surface area is 178 Å². The summed E-state index contributed by atoms with van der Waals surface area (Å²) in [7, 11) is -6.00. The largest absolute Gasteiger partial charge is 0.673 e. The van der Waals surface area contributed by atoms with Crippen LogP contribution >= 0.6 is 0 Å². The van der Waals surface area contributed by atoms with Crippen LogP contribution in [0.1, 0.15) is 16.7 Å². The first kappa shape index (κ1) is 20.9. The van der Waals surface area contributed by atoms with Gasteiger partial charge in [0.1, 0.15) is 0 Å². The van der Waals surface area contributed by atoms with E-state index in [0.29, 0.717) is 0 Å². The Balaban J connectivity index is 0.000000418. The highest BCUT2D eigenvalue weighted by atomic mass is 19.5. The molecule has 6 heteroatoms. The van der Waals surface area contributed by atoms with Crippen LogP contribution in [0.15, 0.2) is 89.3 Å². The lowest BCUT2D eigenvalue weighted by atomic mass is 9.92. The average Bonchev–Trinajstić information content (AvgIpc) is 3.11. The van der Waals surface area contributed by atoms with Gasteiger partial charge in [0.2, 0.25) is 0 Å². The van der Waals surface area contributed by atoms with Gasteiger partial charge in [-0.1, -0.05) is 66.7 Å². The molecule has 3 aromatic carbocycles. The van der Waals surface area contributed by atoms with Crippen LogP contribution in [0.25, 0.3) is 33.8 Å². The molecule has 0 saturated heterocycles. The number of fused-ring (bicyclic) bond motifs is 3. The molecular formula is C25H19BF4O. The monoisotopic (exact) mass is 422 g/mol. The first-order chi connectivity index (χ1) is 14.8. The number of hydrogen-bond donors (Lipinski definition) is 0. The van der Waals surface area contributed by atoms with Crippen LogP contribution in [-0.2, 0) is 6.42 Å². The predicted octanol–water partition coefficient (Wildman–Crippen LogP) is 8.07.